The van der Waals surface area contributed by atoms with Gasteiger partial charge in [-0.3, -0.25) is 4.79 Å². The Labute approximate surface area is 111 Å². The summed E-state index contributed by atoms with van der Waals surface area (Å²) in [4.78, 5) is 16.4. The molecule has 0 unspecified atom stereocenters. The molecule has 0 radical (unpaired) electrons. The molecule has 0 bridgehead atoms. The van der Waals surface area contributed by atoms with Crippen LogP contribution in [0.25, 0.3) is 0 Å². The quantitative estimate of drug-likeness (QED) is 0.778. The molecule has 0 heterocycles. The first kappa shape index (κ1) is 15.4. The molecular formula is C14H29N3O. The Morgan fingerprint density at radius 2 is 1.89 bits per heavy atom. The predicted octanol–water partition coefficient (Wildman–Crippen LogP) is 1.30. The first-order valence-electron chi connectivity index (χ1n) is 7.02. The molecule has 18 heavy (non-hydrogen) atoms. The zero-order valence-corrected chi connectivity index (χ0v) is 12.6. The summed E-state index contributed by atoms with van der Waals surface area (Å²) in [5, 5.41) is 0. The van der Waals surface area contributed by atoms with Gasteiger partial charge in [-0.1, -0.05) is 20.3 Å². The van der Waals surface area contributed by atoms with Crippen LogP contribution in [0, 0.1) is 5.92 Å². The number of amides is 1. The van der Waals surface area contributed by atoms with Crippen molar-refractivity contribution < 1.29 is 4.79 Å². The fraction of sp³-hybridized carbons (Fsp3) is 0.929. The van der Waals surface area contributed by atoms with Gasteiger partial charge in [0.1, 0.15) is 0 Å². The molecule has 0 aliphatic heterocycles. The van der Waals surface area contributed by atoms with Crippen LogP contribution in [-0.2, 0) is 4.79 Å². The van der Waals surface area contributed by atoms with Crippen LogP contribution in [0.2, 0.25) is 0 Å². The molecule has 0 aromatic rings. The molecule has 1 rings (SSSR count). The van der Waals surface area contributed by atoms with Crippen molar-refractivity contribution in [2.24, 2.45) is 11.7 Å². The Morgan fingerprint density at radius 3 is 2.22 bits per heavy atom. The summed E-state index contributed by atoms with van der Waals surface area (Å²) in [5.41, 5.74) is 6.20. The Bertz CT molecular complexity index is 287. The molecule has 4 nitrogen and oxygen atoms in total. The maximum Gasteiger partial charge on any atom is 0.239 e. The summed E-state index contributed by atoms with van der Waals surface area (Å²) >= 11 is 0. The third-order valence-electron chi connectivity index (χ3n) is 4.68. The predicted molar refractivity (Wildman–Crippen MR) is 75.3 cm³/mol. The minimum absolute atomic E-state index is 0.0810. The Morgan fingerprint density at radius 1 is 1.33 bits per heavy atom. The molecule has 0 aromatic carbocycles. The summed E-state index contributed by atoms with van der Waals surface area (Å²) in [5.74, 6) is 0.328. The van der Waals surface area contributed by atoms with Crippen LogP contribution in [0.1, 0.15) is 39.5 Å². The second-order valence-electron chi connectivity index (χ2n) is 6.08. The first-order valence-corrected chi connectivity index (χ1v) is 7.02. The fourth-order valence-corrected chi connectivity index (χ4v) is 2.60. The van der Waals surface area contributed by atoms with E-state index in [9.17, 15) is 4.79 Å². The van der Waals surface area contributed by atoms with Crippen molar-refractivity contribution >= 4 is 5.91 Å². The lowest BCUT2D eigenvalue weighted by molar-refractivity contribution is -0.135. The van der Waals surface area contributed by atoms with Gasteiger partial charge in [-0.2, -0.15) is 0 Å². The molecule has 2 atom stereocenters. The zero-order chi connectivity index (χ0) is 13.9. The maximum atomic E-state index is 12.3. The summed E-state index contributed by atoms with van der Waals surface area (Å²) in [7, 11) is 6.09. The second kappa shape index (κ2) is 6.02. The van der Waals surface area contributed by atoms with Crippen molar-refractivity contribution in [3.8, 4) is 0 Å². The van der Waals surface area contributed by atoms with Gasteiger partial charge in [0.2, 0.25) is 5.91 Å². The minimum atomic E-state index is -0.362. The van der Waals surface area contributed by atoms with Gasteiger partial charge in [-0.15, -0.1) is 0 Å². The van der Waals surface area contributed by atoms with E-state index in [0.717, 1.165) is 13.0 Å². The number of nitrogens with two attached hydrogens (primary N) is 1. The van der Waals surface area contributed by atoms with Crippen LogP contribution in [-0.4, -0.2) is 55.0 Å². The summed E-state index contributed by atoms with van der Waals surface area (Å²) < 4.78 is 0. The van der Waals surface area contributed by atoms with Crippen molar-refractivity contribution in [1.82, 2.24) is 9.80 Å². The number of likely N-dealkylation sites (N-methyl/N-ethyl adjacent to an activating group) is 2. The van der Waals surface area contributed by atoms with Crippen molar-refractivity contribution in [2.45, 2.75) is 51.1 Å². The third kappa shape index (κ3) is 3.04. The number of hydrogen-bond donors (Lipinski definition) is 1. The van der Waals surface area contributed by atoms with Crippen molar-refractivity contribution in [1.29, 1.82) is 0 Å². The van der Waals surface area contributed by atoms with Crippen LogP contribution in [0.5, 0.6) is 0 Å². The Kier molecular flexibility index (Phi) is 5.17. The molecule has 1 fully saturated rings. The summed E-state index contributed by atoms with van der Waals surface area (Å²) in [6, 6.07) is -0.362. The lowest BCUT2D eigenvalue weighted by Crippen LogP contribution is -2.59. The number of nitrogens with zero attached hydrogens (tertiary/aromatic N) is 2. The SMILES string of the molecule is CC[C@H](C)[C@H](N)C(=O)N(C)CC1(N(C)C)CCC1. The molecule has 0 aromatic heterocycles. The molecule has 0 saturated heterocycles. The van der Waals surface area contributed by atoms with Crippen molar-refractivity contribution in [3.05, 3.63) is 0 Å². The molecule has 1 aliphatic carbocycles. The number of carbonyl (C=O) groups excluding carboxylic acids is 1. The van der Waals surface area contributed by atoms with E-state index in [1.165, 1.54) is 19.3 Å². The van der Waals surface area contributed by atoms with Crippen molar-refractivity contribution in [3.63, 3.8) is 0 Å². The first-order chi connectivity index (χ1) is 8.34. The number of carbonyl (C=O) groups is 1. The smallest absolute Gasteiger partial charge is 0.239 e. The van der Waals surface area contributed by atoms with E-state index < -0.39 is 0 Å². The van der Waals surface area contributed by atoms with Gasteiger partial charge in [0.05, 0.1) is 6.04 Å². The fourth-order valence-electron chi connectivity index (χ4n) is 2.60. The summed E-state index contributed by atoms with van der Waals surface area (Å²) in [6.45, 7) is 4.91. The van der Waals surface area contributed by atoms with Gasteiger partial charge in [0.15, 0.2) is 0 Å². The van der Waals surface area contributed by atoms with Crippen LogP contribution in [0.4, 0.5) is 0 Å². The van der Waals surface area contributed by atoms with Crippen molar-refractivity contribution in [2.75, 3.05) is 27.7 Å². The molecule has 2 N–H and O–H groups in total. The topological polar surface area (TPSA) is 49.6 Å². The molecule has 4 heteroatoms. The molecule has 1 saturated carbocycles. The third-order valence-corrected chi connectivity index (χ3v) is 4.68. The lowest BCUT2D eigenvalue weighted by atomic mass is 9.75. The van der Waals surface area contributed by atoms with E-state index >= 15 is 0 Å². The highest BCUT2D eigenvalue weighted by Gasteiger charge is 2.41. The van der Waals surface area contributed by atoms with Gasteiger partial charge >= 0.3 is 0 Å². The van der Waals surface area contributed by atoms with Crippen LogP contribution >= 0.6 is 0 Å². The van der Waals surface area contributed by atoms with Gasteiger partial charge < -0.3 is 15.5 Å². The van der Waals surface area contributed by atoms with Crippen LogP contribution in [0.3, 0.4) is 0 Å². The minimum Gasteiger partial charge on any atom is -0.343 e. The second-order valence-corrected chi connectivity index (χ2v) is 6.08. The number of rotatable bonds is 6. The van der Waals surface area contributed by atoms with Gasteiger partial charge in [0.25, 0.3) is 0 Å². The average Bonchev–Trinajstić information content (AvgIpc) is 2.29. The molecule has 1 amide bonds. The van der Waals surface area contributed by atoms with E-state index in [0.29, 0.717) is 0 Å². The Balaban J connectivity index is 2.59. The number of hydrogen-bond acceptors (Lipinski definition) is 3. The highest BCUT2D eigenvalue weighted by Crippen LogP contribution is 2.36. The normalized spacial score (nSPS) is 21.3. The van der Waals surface area contributed by atoms with E-state index in [1.54, 1.807) is 0 Å². The molecule has 106 valence electrons. The Hall–Kier alpha value is -0.610. The highest BCUT2D eigenvalue weighted by atomic mass is 16.2. The molecular weight excluding hydrogens is 226 g/mol. The van der Waals surface area contributed by atoms with Crippen LogP contribution < -0.4 is 5.73 Å². The average molecular weight is 255 g/mol. The van der Waals surface area contributed by atoms with E-state index in [4.69, 9.17) is 5.73 Å². The van der Waals surface area contributed by atoms with Gasteiger partial charge in [0, 0.05) is 19.1 Å². The van der Waals surface area contributed by atoms with Gasteiger partial charge in [-0.25, -0.2) is 0 Å². The summed E-state index contributed by atoms with van der Waals surface area (Å²) in [6.07, 6.45) is 4.56. The standard InChI is InChI=1S/C14H29N3O/c1-6-11(2)12(15)13(18)17(5)10-14(16(3)4)8-7-9-14/h11-12H,6-10,15H2,1-5H3/t11-,12-/m0/s1. The monoisotopic (exact) mass is 255 g/mol. The lowest BCUT2D eigenvalue weighted by Gasteiger charge is -2.49. The molecule has 0 spiro atoms. The van der Waals surface area contributed by atoms with E-state index in [-0.39, 0.29) is 23.4 Å². The largest absolute Gasteiger partial charge is 0.343 e. The maximum absolute atomic E-state index is 12.3. The van der Waals surface area contributed by atoms with Gasteiger partial charge in [-0.05, 0) is 39.3 Å². The van der Waals surface area contributed by atoms with E-state index in [1.807, 2.05) is 18.9 Å². The molecule has 1 aliphatic rings. The zero-order valence-electron chi connectivity index (χ0n) is 12.6. The van der Waals surface area contributed by atoms with Crippen LogP contribution in [0.15, 0.2) is 0 Å². The highest BCUT2D eigenvalue weighted by molar-refractivity contribution is 5.81. The van der Waals surface area contributed by atoms with E-state index in [2.05, 4.69) is 25.9 Å².